The summed E-state index contributed by atoms with van der Waals surface area (Å²) in [7, 11) is 1.65. The van der Waals surface area contributed by atoms with Crippen molar-refractivity contribution in [3.63, 3.8) is 0 Å². The first-order valence-electron chi connectivity index (χ1n) is 9.60. The van der Waals surface area contributed by atoms with E-state index in [0.29, 0.717) is 0 Å². The van der Waals surface area contributed by atoms with Crippen molar-refractivity contribution in [3.8, 4) is 22.6 Å². The van der Waals surface area contributed by atoms with Crippen LogP contribution in [0, 0.1) is 0 Å². The van der Waals surface area contributed by atoms with E-state index in [1.807, 2.05) is 18.2 Å². The Morgan fingerprint density at radius 2 is 1.85 bits per heavy atom. The van der Waals surface area contributed by atoms with Crippen molar-refractivity contribution in [3.05, 3.63) is 40.8 Å². The molecule has 0 N–H and O–H groups in total. The Morgan fingerprint density at radius 3 is 2.46 bits per heavy atom. The summed E-state index contributed by atoms with van der Waals surface area (Å²) in [6, 6.07) is 7.60. The van der Waals surface area contributed by atoms with Gasteiger partial charge in [0.15, 0.2) is 11.5 Å². The van der Waals surface area contributed by atoms with Crippen molar-refractivity contribution in [1.82, 2.24) is 9.78 Å². The van der Waals surface area contributed by atoms with Crippen molar-refractivity contribution in [2.24, 2.45) is 0 Å². The molecule has 5 heteroatoms. The highest BCUT2D eigenvalue weighted by Crippen LogP contribution is 2.35. The standard InChI is InChI=1S/C21H28N2O3/c1-4-17(5-2)23-21(24)13-16(14-22-23)15-10-11-19(25-3)20(12-15)26-18-8-6-7-9-18/h10-14,17-18H,4-9H2,1-3H3. The fourth-order valence-electron chi connectivity index (χ4n) is 3.62. The van der Waals surface area contributed by atoms with Crippen LogP contribution in [0.2, 0.25) is 0 Å². The Balaban J connectivity index is 1.91. The van der Waals surface area contributed by atoms with Crippen molar-refractivity contribution in [2.75, 3.05) is 7.11 Å². The molecule has 1 aromatic carbocycles. The number of ether oxygens (including phenoxy) is 2. The molecule has 0 aliphatic heterocycles. The average Bonchev–Trinajstić information content (AvgIpc) is 3.17. The van der Waals surface area contributed by atoms with Crippen LogP contribution in [0.3, 0.4) is 0 Å². The fraction of sp³-hybridized carbons (Fsp3) is 0.524. The van der Waals surface area contributed by atoms with Gasteiger partial charge in [-0.25, -0.2) is 4.68 Å². The van der Waals surface area contributed by atoms with E-state index in [1.165, 1.54) is 12.8 Å². The Bertz CT molecular complexity index is 790. The molecule has 1 saturated carbocycles. The van der Waals surface area contributed by atoms with E-state index in [-0.39, 0.29) is 17.7 Å². The maximum Gasteiger partial charge on any atom is 0.267 e. The molecule has 0 unspecified atom stereocenters. The molecule has 3 rings (SSSR count). The van der Waals surface area contributed by atoms with E-state index in [0.717, 1.165) is 48.3 Å². The van der Waals surface area contributed by atoms with Crippen LogP contribution in [0.4, 0.5) is 0 Å². The maximum atomic E-state index is 12.5. The minimum Gasteiger partial charge on any atom is -0.493 e. The molecule has 5 nitrogen and oxygen atoms in total. The highest BCUT2D eigenvalue weighted by atomic mass is 16.5. The fourth-order valence-corrected chi connectivity index (χ4v) is 3.62. The van der Waals surface area contributed by atoms with Crippen molar-refractivity contribution in [2.45, 2.75) is 64.5 Å². The summed E-state index contributed by atoms with van der Waals surface area (Å²) < 4.78 is 13.2. The summed E-state index contributed by atoms with van der Waals surface area (Å²) in [6.07, 6.45) is 8.40. The third-order valence-electron chi connectivity index (χ3n) is 5.21. The molecule has 0 atom stereocenters. The zero-order valence-corrected chi connectivity index (χ0v) is 15.9. The number of hydrogen-bond donors (Lipinski definition) is 0. The third-order valence-corrected chi connectivity index (χ3v) is 5.21. The lowest BCUT2D eigenvalue weighted by molar-refractivity contribution is 0.201. The second kappa shape index (κ2) is 8.39. The van der Waals surface area contributed by atoms with Gasteiger partial charge in [0.1, 0.15) is 0 Å². The second-order valence-corrected chi connectivity index (χ2v) is 6.89. The van der Waals surface area contributed by atoms with Gasteiger partial charge in [-0.3, -0.25) is 4.79 Å². The van der Waals surface area contributed by atoms with Crippen LogP contribution in [-0.2, 0) is 0 Å². The summed E-state index contributed by atoms with van der Waals surface area (Å²) >= 11 is 0. The summed E-state index contributed by atoms with van der Waals surface area (Å²) in [4.78, 5) is 12.5. The molecule has 0 spiro atoms. The molecular weight excluding hydrogens is 328 g/mol. The number of nitrogens with zero attached hydrogens (tertiary/aromatic N) is 2. The first-order valence-corrected chi connectivity index (χ1v) is 9.60. The Hall–Kier alpha value is -2.30. The molecule has 0 radical (unpaired) electrons. The van der Waals surface area contributed by atoms with E-state index in [2.05, 4.69) is 18.9 Å². The lowest BCUT2D eigenvalue weighted by atomic mass is 10.1. The number of methoxy groups -OCH3 is 1. The monoisotopic (exact) mass is 356 g/mol. The molecule has 2 aromatic rings. The molecule has 1 fully saturated rings. The van der Waals surface area contributed by atoms with E-state index in [1.54, 1.807) is 24.1 Å². The van der Waals surface area contributed by atoms with Gasteiger partial charge in [0, 0.05) is 11.6 Å². The van der Waals surface area contributed by atoms with Crippen LogP contribution in [0.5, 0.6) is 11.5 Å². The second-order valence-electron chi connectivity index (χ2n) is 6.89. The van der Waals surface area contributed by atoms with Crippen LogP contribution in [0.1, 0.15) is 58.4 Å². The van der Waals surface area contributed by atoms with Gasteiger partial charge in [-0.15, -0.1) is 0 Å². The number of rotatable bonds is 7. The largest absolute Gasteiger partial charge is 0.493 e. The lowest BCUT2D eigenvalue weighted by Crippen LogP contribution is -2.26. The van der Waals surface area contributed by atoms with E-state index in [9.17, 15) is 4.79 Å². The molecule has 0 saturated heterocycles. The van der Waals surface area contributed by atoms with Crippen LogP contribution in [0.15, 0.2) is 35.3 Å². The smallest absolute Gasteiger partial charge is 0.267 e. The summed E-state index contributed by atoms with van der Waals surface area (Å²) in [5.41, 5.74) is 1.65. The predicted octanol–water partition coefficient (Wildman–Crippen LogP) is 4.60. The van der Waals surface area contributed by atoms with Crippen LogP contribution in [0.25, 0.3) is 11.1 Å². The predicted molar refractivity (Wildman–Crippen MR) is 103 cm³/mol. The molecule has 26 heavy (non-hydrogen) atoms. The number of hydrogen-bond acceptors (Lipinski definition) is 4. The Kier molecular flexibility index (Phi) is 5.96. The topological polar surface area (TPSA) is 53.4 Å². The van der Waals surface area contributed by atoms with Gasteiger partial charge in [-0.1, -0.05) is 19.9 Å². The SMILES string of the molecule is CCC(CC)n1ncc(-c2ccc(OC)c(OC3CCCC3)c2)cc1=O. The normalized spacial score (nSPS) is 14.8. The summed E-state index contributed by atoms with van der Waals surface area (Å²) in [5.74, 6) is 1.46. The Morgan fingerprint density at radius 1 is 1.12 bits per heavy atom. The van der Waals surface area contributed by atoms with E-state index in [4.69, 9.17) is 9.47 Å². The molecular formula is C21H28N2O3. The summed E-state index contributed by atoms with van der Waals surface area (Å²) in [6.45, 7) is 4.15. The van der Waals surface area contributed by atoms with Gasteiger partial charge in [0.25, 0.3) is 5.56 Å². The highest BCUT2D eigenvalue weighted by Gasteiger charge is 2.19. The molecule has 140 valence electrons. The number of aromatic nitrogens is 2. The minimum absolute atomic E-state index is 0.0646. The van der Waals surface area contributed by atoms with Gasteiger partial charge in [0.05, 0.1) is 25.5 Å². The van der Waals surface area contributed by atoms with Crippen molar-refractivity contribution < 1.29 is 9.47 Å². The first kappa shape index (κ1) is 18.5. The molecule has 1 aromatic heterocycles. The maximum absolute atomic E-state index is 12.5. The highest BCUT2D eigenvalue weighted by molar-refractivity contribution is 5.66. The molecule has 1 aliphatic carbocycles. The number of benzene rings is 1. The zero-order chi connectivity index (χ0) is 18.5. The van der Waals surface area contributed by atoms with Crippen LogP contribution >= 0.6 is 0 Å². The van der Waals surface area contributed by atoms with Crippen LogP contribution < -0.4 is 15.0 Å². The van der Waals surface area contributed by atoms with E-state index >= 15 is 0 Å². The quantitative estimate of drug-likeness (QED) is 0.727. The third kappa shape index (κ3) is 3.92. The van der Waals surface area contributed by atoms with E-state index < -0.39 is 0 Å². The van der Waals surface area contributed by atoms with Gasteiger partial charge in [-0.05, 0) is 56.2 Å². The summed E-state index contributed by atoms with van der Waals surface area (Å²) in [5, 5.41) is 4.40. The lowest BCUT2D eigenvalue weighted by Gasteiger charge is -2.17. The molecule has 0 amide bonds. The van der Waals surface area contributed by atoms with Crippen LogP contribution in [-0.4, -0.2) is 23.0 Å². The first-order chi connectivity index (χ1) is 12.7. The van der Waals surface area contributed by atoms with Gasteiger partial charge >= 0.3 is 0 Å². The van der Waals surface area contributed by atoms with Gasteiger partial charge in [-0.2, -0.15) is 5.10 Å². The molecule has 0 bridgehead atoms. The van der Waals surface area contributed by atoms with Crippen molar-refractivity contribution in [1.29, 1.82) is 0 Å². The zero-order valence-electron chi connectivity index (χ0n) is 15.9. The van der Waals surface area contributed by atoms with Gasteiger partial charge < -0.3 is 9.47 Å². The van der Waals surface area contributed by atoms with Gasteiger partial charge in [0.2, 0.25) is 0 Å². The minimum atomic E-state index is -0.0646. The Labute approximate surface area is 155 Å². The van der Waals surface area contributed by atoms with Crippen molar-refractivity contribution >= 4 is 0 Å². The average molecular weight is 356 g/mol. The molecule has 1 heterocycles. The molecule has 1 aliphatic rings.